The van der Waals surface area contributed by atoms with Crippen LogP contribution in [-0.2, 0) is 17.6 Å². The van der Waals surface area contributed by atoms with Crippen LogP contribution in [0.4, 0.5) is 0 Å². The maximum absolute atomic E-state index is 13.3. The van der Waals surface area contributed by atoms with E-state index in [2.05, 4.69) is 35.7 Å². The summed E-state index contributed by atoms with van der Waals surface area (Å²) >= 11 is 12.4. The van der Waals surface area contributed by atoms with Gasteiger partial charge in [-0.25, -0.2) is 0 Å². The van der Waals surface area contributed by atoms with Crippen molar-refractivity contribution in [2.75, 3.05) is 20.6 Å². The van der Waals surface area contributed by atoms with Gasteiger partial charge in [-0.05, 0) is 120 Å². The fourth-order valence-corrected chi connectivity index (χ4v) is 5.85. The first-order chi connectivity index (χ1) is 20.0. The molecule has 0 unspecified atom stereocenters. The molecule has 1 saturated carbocycles. The number of carbonyl (C=O) groups excluding carboxylic acids is 2. The largest absolute Gasteiger partial charge is 0.478 e. The molecule has 1 aliphatic rings. The van der Waals surface area contributed by atoms with Crippen molar-refractivity contribution >= 4 is 35.0 Å². The molecule has 2 amide bonds. The zero-order valence-corrected chi connectivity index (χ0v) is 26.4. The molecule has 0 spiro atoms. The summed E-state index contributed by atoms with van der Waals surface area (Å²) < 4.78 is 6.13. The number of hydrogen-bond acceptors (Lipinski definition) is 4. The van der Waals surface area contributed by atoms with Crippen LogP contribution in [0.15, 0.2) is 72.8 Å². The van der Waals surface area contributed by atoms with Crippen LogP contribution in [0, 0.1) is 0 Å². The monoisotopic (exact) mass is 609 g/mol. The third-order valence-corrected chi connectivity index (χ3v) is 8.95. The van der Waals surface area contributed by atoms with E-state index in [-0.39, 0.29) is 23.4 Å². The van der Waals surface area contributed by atoms with E-state index < -0.39 is 5.60 Å². The fourth-order valence-electron chi connectivity index (χ4n) is 5.53. The van der Waals surface area contributed by atoms with E-state index >= 15 is 0 Å². The Morgan fingerprint density at radius 2 is 1.60 bits per heavy atom. The van der Waals surface area contributed by atoms with Crippen molar-refractivity contribution in [2.45, 2.75) is 69.6 Å². The molecular weight excluding hydrogens is 569 g/mol. The highest BCUT2D eigenvalue weighted by Crippen LogP contribution is 2.37. The molecule has 0 atom stereocenters. The summed E-state index contributed by atoms with van der Waals surface area (Å²) in [5.41, 5.74) is 1.79. The van der Waals surface area contributed by atoms with E-state index in [4.69, 9.17) is 27.9 Å². The molecule has 8 heteroatoms. The molecule has 0 aliphatic heterocycles. The highest BCUT2D eigenvalue weighted by atomic mass is 35.5. The van der Waals surface area contributed by atoms with E-state index in [9.17, 15) is 9.59 Å². The molecule has 0 bridgehead atoms. The van der Waals surface area contributed by atoms with Crippen molar-refractivity contribution in [3.63, 3.8) is 0 Å². The molecule has 1 aliphatic carbocycles. The fraction of sp³-hybridized carbons (Fsp3) is 0.412. The molecule has 3 aromatic carbocycles. The van der Waals surface area contributed by atoms with Gasteiger partial charge in [0.15, 0.2) is 5.60 Å². The third kappa shape index (κ3) is 8.27. The van der Waals surface area contributed by atoms with Crippen LogP contribution >= 0.6 is 23.2 Å². The van der Waals surface area contributed by atoms with Crippen LogP contribution in [0.2, 0.25) is 10.0 Å². The summed E-state index contributed by atoms with van der Waals surface area (Å²) in [5.74, 6) is 0.370. The Morgan fingerprint density at radius 3 is 2.21 bits per heavy atom. The number of rotatable bonds is 11. The number of nitrogens with one attached hydrogen (secondary N) is 2. The second kappa shape index (κ2) is 13.9. The topological polar surface area (TPSA) is 70.7 Å². The molecule has 0 radical (unpaired) electrons. The minimum absolute atomic E-state index is 0.0125. The number of carbonyl (C=O) groups is 2. The zero-order chi connectivity index (χ0) is 30.3. The van der Waals surface area contributed by atoms with Crippen molar-refractivity contribution in [1.29, 1.82) is 0 Å². The summed E-state index contributed by atoms with van der Waals surface area (Å²) in [6, 6.07) is 22.6. The second-order valence-corrected chi connectivity index (χ2v) is 12.7. The Kier molecular flexibility index (Phi) is 10.6. The standard InChI is InChI=1S/C34H41Cl2N3O3/c1-33(2,42-29-15-9-24(10-16-29)19-22-37-31(40)25-11-13-27(35)14-12-25)32(41)38-28-17-20-34(21-18-28,39(3)4)23-26-7-5-6-8-30(26)36/h5-16,28H,17-23H2,1-4H3,(H,37,40)(H,38,41). The zero-order valence-electron chi connectivity index (χ0n) is 24.9. The van der Waals surface area contributed by atoms with Crippen molar-refractivity contribution in [2.24, 2.45) is 0 Å². The van der Waals surface area contributed by atoms with E-state index in [1.807, 2.05) is 42.5 Å². The molecule has 0 aromatic heterocycles. The second-order valence-electron chi connectivity index (χ2n) is 11.9. The molecule has 42 heavy (non-hydrogen) atoms. The van der Waals surface area contributed by atoms with Gasteiger partial charge >= 0.3 is 0 Å². The minimum Gasteiger partial charge on any atom is -0.478 e. The SMILES string of the molecule is CN(C)C1(Cc2ccccc2Cl)CCC(NC(=O)C(C)(C)Oc2ccc(CCNC(=O)c3ccc(Cl)cc3)cc2)CC1. The molecule has 4 rings (SSSR count). The number of nitrogens with zero attached hydrogens (tertiary/aromatic N) is 1. The van der Waals surface area contributed by atoms with Gasteiger partial charge in [0.05, 0.1) is 0 Å². The lowest BCUT2D eigenvalue weighted by molar-refractivity contribution is -0.135. The summed E-state index contributed by atoms with van der Waals surface area (Å²) in [4.78, 5) is 27.9. The number of hydrogen-bond donors (Lipinski definition) is 2. The maximum Gasteiger partial charge on any atom is 0.263 e. The number of likely N-dealkylation sites (N-methyl/N-ethyl adjacent to an activating group) is 1. The Bertz CT molecular complexity index is 1350. The maximum atomic E-state index is 13.3. The lowest BCUT2D eigenvalue weighted by Gasteiger charge is -2.46. The molecule has 6 nitrogen and oxygen atoms in total. The van der Waals surface area contributed by atoms with Crippen LogP contribution in [0.5, 0.6) is 5.75 Å². The average molecular weight is 611 g/mol. The Morgan fingerprint density at radius 1 is 0.952 bits per heavy atom. The van der Waals surface area contributed by atoms with Gasteiger partial charge in [0.25, 0.3) is 11.8 Å². The summed E-state index contributed by atoms with van der Waals surface area (Å²) in [6.07, 6.45) is 5.30. The van der Waals surface area contributed by atoms with Gasteiger partial charge in [-0.1, -0.05) is 53.5 Å². The summed E-state index contributed by atoms with van der Waals surface area (Å²) in [6.45, 7) is 4.10. The quantitative estimate of drug-likeness (QED) is 0.253. The van der Waals surface area contributed by atoms with Crippen LogP contribution in [0.25, 0.3) is 0 Å². The van der Waals surface area contributed by atoms with Gasteiger partial charge in [-0.3, -0.25) is 9.59 Å². The molecule has 3 aromatic rings. The van der Waals surface area contributed by atoms with E-state index in [0.29, 0.717) is 29.3 Å². The van der Waals surface area contributed by atoms with Crippen molar-refractivity contribution < 1.29 is 14.3 Å². The molecular formula is C34H41Cl2N3O3. The Labute approximate surface area is 259 Å². The van der Waals surface area contributed by atoms with Crippen molar-refractivity contribution in [3.8, 4) is 5.75 Å². The predicted octanol–water partition coefficient (Wildman–Crippen LogP) is 6.73. The normalized spacial score (nSPS) is 18.9. The van der Waals surface area contributed by atoms with E-state index in [1.165, 1.54) is 5.56 Å². The van der Waals surface area contributed by atoms with E-state index in [0.717, 1.165) is 42.7 Å². The number of amides is 2. The van der Waals surface area contributed by atoms with Gasteiger partial charge in [0.1, 0.15) is 5.75 Å². The molecule has 0 heterocycles. The van der Waals surface area contributed by atoms with Crippen molar-refractivity contribution in [3.05, 3.63) is 99.5 Å². The number of benzene rings is 3. The number of halogens is 2. The minimum atomic E-state index is -1.03. The van der Waals surface area contributed by atoms with Gasteiger partial charge in [0.2, 0.25) is 0 Å². The Hall–Kier alpha value is -3.06. The summed E-state index contributed by atoms with van der Waals surface area (Å²) in [5, 5.41) is 7.57. The first-order valence-corrected chi connectivity index (χ1v) is 15.3. The van der Waals surface area contributed by atoms with E-state index in [1.54, 1.807) is 38.1 Å². The summed E-state index contributed by atoms with van der Waals surface area (Å²) in [7, 11) is 4.27. The Balaban J connectivity index is 1.25. The first-order valence-electron chi connectivity index (χ1n) is 14.5. The average Bonchev–Trinajstić information content (AvgIpc) is 2.96. The highest BCUT2D eigenvalue weighted by Gasteiger charge is 2.39. The van der Waals surface area contributed by atoms with Crippen LogP contribution in [-0.4, -0.2) is 54.5 Å². The smallest absolute Gasteiger partial charge is 0.263 e. The lowest BCUT2D eigenvalue weighted by atomic mass is 9.74. The number of ether oxygens (including phenoxy) is 1. The molecule has 1 fully saturated rings. The lowest BCUT2D eigenvalue weighted by Crippen LogP contribution is -2.55. The van der Waals surface area contributed by atoms with Crippen LogP contribution < -0.4 is 15.4 Å². The third-order valence-electron chi connectivity index (χ3n) is 8.33. The van der Waals surface area contributed by atoms with Gasteiger partial charge < -0.3 is 20.3 Å². The predicted molar refractivity (Wildman–Crippen MR) is 171 cm³/mol. The molecule has 0 saturated heterocycles. The van der Waals surface area contributed by atoms with Gasteiger partial charge in [-0.2, -0.15) is 0 Å². The molecule has 2 N–H and O–H groups in total. The van der Waals surface area contributed by atoms with Crippen LogP contribution in [0.3, 0.4) is 0 Å². The van der Waals surface area contributed by atoms with Gasteiger partial charge in [0, 0.05) is 33.7 Å². The molecule has 224 valence electrons. The first kappa shape index (κ1) is 31.9. The highest BCUT2D eigenvalue weighted by molar-refractivity contribution is 6.31. The van der Waals surface area contributed by atoms with Gasteiger partial charge in [-0.15, -0.1) is 0 Å². The van der Waals surface area contributed by atoms with Crippen molar-refractivity contribution in [1.82, 2.24) is 15.5 Å². The van der Waals surface area contributed by atoms with Crippen LogP contribution in [0.1, 0.15) is 61.0 Å².